The number of hydrogen-bond donors (Lipinski definition) is 4. The van der Waals surface area contributed by atoms with Gasteiger partial charge in [-0.15, -0.1) is 0 Å². The number of nitrogens with zero attached hydrogens (tertiary/aromatic N) is 2. The SMILES string of the molecule is CCOc1cc([C@@H]2NC(=O)NC(C)=C2C(=O)OC)ccc1OC[C@@H](O)N/N=C/c1cc(C)n(-c2ccc(OCc3ccccc3)cc2)c1C. The zero-order valence-electron chi connectivity index (χ0n) is 28.2. The van der Waals surface area contributed by atoms with E-state index < -0.39 is 24.3 Å². The van der Waals surface area contributed by atoms with E-state index in [0.717, 1.165) is 34.0 Å². The Bertz CT molecular complexity index is 1830. The van der Waals surface area contributed by atoms with Gasteiger partial charge in [0.2, 0.25) is 0 Å². The van der Waals surface area contributed by atoms with E-state index in [9.17, 15) is 14.7 Å². The number of benzene rings is 3. The monoisotopic (exact) mass is 667 g/mol. The molecule has 0 spiro atoms. The molecular formula is C37H41N5O7. The molecule has 2 amide bonds. The fraction of sp³-hybridized carbons (Fsp3) is 0.270. The van der Waals surface area contributed by atoms with E-state index >= 15 is 0 Å². The minimum atomic E-state index is -1.13. The number of carbonyl (C=O) groups is 2. The van der Waals surface area contributed by atoms with Crippen molar-refractivity contribution in [3.63, 3.8) is 0 Å². The van der Waals surface area contributed by atoms with Crippen molar-refractivity contribution in [3.8, 4) is 22.9 Å². The number of amides is 2. The van der Waals surface area contributed by atoms with Gasteiger partial charge in [-0.05, 0) is 81.3 Å². The minimum absolute atomic E-state index is 0.134. The number of aryl methyl sites for hydroxylation is 1. The number of methoxy groups -OCH3 is 1. The van der Waals surface area contributed by atoms with Gasteiger partial charge >= 0.3 is 12.0 Å². The highest BCUT2D eigenvalue weighted by atomic mass is 16.5. The first-order chi connectivity index (χ1) is 23.7. The number of nitrogens with one attached hydrogen (secondary N) is 3. The molecule has 0 saturated carbocycles. The Balaban J connectivity index is 1.19. The molecule has 12 heteroatoms. The maximum atomic E-state index is 12.5. The number of carbonyl (C=O) groups excluding carboxylic acids is 2. The summed E-state index contributed by atoms with van der Waals surface area (Å²) in [5.74, 6) is 0.977. The summed E-state index contributed by atoms with van der Waals surface area (Å²) >= 11 is 0. The molecule has 4 N–H and O–H groups in total. The zero-order chi connectivity index (χ0) is 34.9. The first-order valence-electron chi connectivity index (χ1n) is 15.9. The highest BCUT2D eigenvalue weighted by Gasteiger charge is 2.32. The van der Waals surface area contributed by atoms with E-state index in [1.54, 1.807) is 31.3 Å². The normalized spacial score (nSPS) is 15.0. The van der Waals surface area contributed by atoms with E-state index in [0.29, 0.717) is 36.0 Å². The Morgan fingerprint density at radius 1 is 1.00 bits per heavy atom. The van der Waals surface area contributed by atoms with Crippen molar-refractivity contribution in [2.45, 2.75) is 46.6 Å². The van der Waals surface area contributed by atoms with Crippen molar-refractivity contribution >= 4 is 18.2 Å². The molecule has 3 aromatic carbocycles. The van der Waals surface area contributed by atoms with E-state index in [2.05, 4.69) is 25.7 Å². The van der Waals surface area contributed by atoms with Crippen LogP contribution in [-0.4, -0.2) is 54.4 Å². The molecule has 0 saturated heterocycles. The van der Waals surface area contributed by atoms with Crippen LogP contribution in [0.25, 0.3) is 5.69 Å². The van der Waals surface area contributed by atoms with Crippen LogP contribution < -0.4 is 30.3 Å². The van der Waals surface area contributed by atoms with Crippen LogP contribution in [-0.2, 0) is 16.1 Å². The van der Waals surface area contributed by atoms with E-state index in [1.807, 2.05) is 81.4 Å². The van der Waals surface area contributed by atoms with Gasteiger partial charge in [0.05, 0.1) is 31.5 Å². The molecule has 0 bridgehead atoms. The quantitative estimate of drug-likeness (QED) is 0.0623. The third-order valence-electron chi connectivity index (χ3n) is 7.91. The Morgan fingerprint density at radius 2 is 1.76 bits per heavy atom. The topological polar surface area (TPSA) is 145 Å². The lowest BCUT2D eigenvalue weighted by Crippen LogP contribution is -2.45. The second-order valence-electron chi connectivity index (χ2n) is 11.3. The number of aliphatic hydroxyl groups excluding tert-OH is 1. The van der Waals surface area contributed by atoms with Crippen LogP contribution in [0.3, 0.4) is 0 Å². The fourth-order valence-corrected chi connectivity index (χ4v) is 5.56. The number of allylic oxidation sites excluding steroid dienone is 1. The van der Waals surface area contributed by atoms with Crippen molar-refractivity contribution in [1.29, 1.82) is 0 Å². The number of hydrogen-bond acceptors (Lipinski definition) is 9. The molecule has 5 rings (SSSR count). The van der Waals surface area contributed by atoms with Crippen LogP contribution in [0.15, 0.2) is 95.2 Å². The standard InChI is InChI=1S/C37H41N5O7/c1-6-47-32-19-27(35-34(36(44)46-5)24(3)39-37(45)40-35)12-17-31(32)49-22-33(43)41-38-20-28-18-23(2)42(25(28)4)29-13-15-30(16-14-29)48-21-26-10-8-7-9-11-26/h7-20,33,35,41,43H,6,21-22H2,1-5H3,(H2,39,40,45)/b38-20+/t33-,35+/m1/s1. The lowest BCUT2D eigenvalue weighted by molar-refractivity contribution is -0.136. The van der Waals surface area contributed by atoms with Gasteiger partial charge < -0.3 is 39.3 Å². The number of hydrazone groups is 1. The van der Waals surface area contributed by atoms with E-state index in [1.165, 1.54) is 7.11 Å². The number of aliphatic hydroxyl groups is 1. The number of ether oxygens (including phenoxy) is 4. The van der Waals surface area contributed by atoms with Crippen LogP contribution in [0.4, 0.5) is 4.79 Å². The zero-order valence-corrected chi connectivity index (χ0v) is 28.2. The number of urea groups is 1. The second-order valence-corrected chi connectivity index (χ2v) is 11.3. The van der Waals surface area contributed by atoms with Crippen molar-refractivity contribution in [3.05, 3.63) is 118 Å². The van der Waals surface area contributed by atoms with Crippen molar-refractivity contribution < 1.29 is 33.6 Å². The van der Waals surface area contributed by atoms with Crippen LogP contribution in [0.2, 0.25) is 0 Å². The summed E-state index contributed by atoms with van der Waals surface area (Å²) < 4.78 is 24.6. The Kier molecular flexibility index (Phi) is 11.2. The Morgan fingerprint density at radius 3 is 2.47 bits per heavy atom. The lowest BCUT2D eigenvalue weighted by atomic mass is 9.95. The molecule has 1 aromatic heterocycles. The molecular weight excluding hydrogens is 626 g/mol. The molecule has 0 aliphatic carbocycles. The highest BCUT2D eigenvalue weighted by Crippen LogP contribution is 2.35. The van der Waals surface area contributed by atoms with Gasteiger partial charge in [0.1, 0.15) is 19.0 Å². The summed E-state index contributed by atoms with van der Waals surface area (Å²) in [4.78, 5) is 24.7. The molecule has 256 valence electrons. The summed E-state index contributed by atoms with van der Waals surface area (Å²) in [5, 5.41) is 20.2. The van der Waals surface area contributed by atoms with Gasteiger partial charge in [0, 0.05) is 28.3 Å². The lowest BCUT2D eigenvalue weighted by Gasteiger charge is -2.28. The van der Waals surface area contributed by atoms with E-state index in [4.69, 9.17) is 18.9 Å². The second kappa shape index (κ2) is 15.9. The Labute approximate surface area is 285 Å². The van der Waals surface area contributed by atoms with Gasteiger partial charge in [0.25, 0.3) is 0 Å². The summed E-state index contributed by atoms with van der Waals surface area (Å²) in [6.07, 6.45) is 0.527. The van der Waals surface area contributed by atoms with Crippen LogP contribution in [0.1, 0.15) is 48.0 Å². The van der Waals surface area contributed by atoms with Crippen molar-refractivity contribution in [2.24, 2.45) is 5.10 Å². The largest absolute Gasteiger partial charge is 0.490 e. The fourth-order valence-electron chi connectivity index (χ4n) is 5.56. The first-order valence-corrected chi connectivity index (χ1v) is 15.9. The molecule has 1 aliphatic rings. The van der Waals surface area contributed by atoms with Gasteiger partial charge in [0.15, 0.2) is 17.7 Å². The molecule has 49 heavy (non-hydrogen) atoms. The van der Waals surface area contributed by atoms with Gasteiger partial charge in [-0.1, -0.05) is 36.4 Å². The van der Waals surface area contributed by atoms with Crippen LogP contribution >= 0.6 is 0 Å². The maximum absolute atomic E-state index is 12.5. The maximum Gasteiger partial charge on any atom is 0.337 e. The molecule has 12 nitrogen and oxygen atoms in total. The molecule has 0 radical (unpaired) electrons. The predicted octanol–water partition coefficient (Wildman–Crippen LogP) is 5.19. The number of aromatic nitrogens is 1. The Hall–Kier alpha value is -5.75. The van der Waals surface area contributed by atoms with Gasteiger partial charge in [-0.2, -0.15) is 5.10 Å². The number of rotatable bonds is 14. The van der Waals surface area contributed by atoms with Crippen LogP contribution in [0, 0.1) is 13.8 Å². The molecule has 1 aliphatic heterocycles. The summed E-state index contributed by atoms with van der Waals surface area (Å²) in [5.41, 5.74) is 8.98. The minimum Gasteiger partial charge on any atom is -0.490 e. The van der Waals surface area contributed by atoms with E-state index in [-0.39, 0.29) is 12.2 Å². The molecule has 4 aromatic rings. The van der Waals surface area contributed by atoms with Crippen molar-refractivity contribution in [2.75, 3.05) is 20.3 Å². The number of esters is 1. The van der Waals surface area contributed by atoms with Gasteiger partial charge in [-0.3, -0.25) is 5.43 Å². The predicted molar refractivity (Wildman–Crippen MR) is 185 cm³/mol. The molecule has 2 heterocycles. The van der Waals surface area contributed by atoms with Gasteiger partial charge in [-0.25, -0.2) is 9.59 Å². The summed E-state index contributed by atoms with van der Waals surface area (Å²) in [6.45, 7) is 8.20. The van der Waals surface area contributed by atoms with Crippen molar-refractivity contribution in [1.82, 2.24) is 20.6 Å². The summed E-state index contributed by atoms with van der Waals surface area (Å²) in [7, 11) is 1.28. The molecule has 2 atom stereocenters. The third-order valence-corrected chi connectivity index (χ3v) is 7.91. The summed E-state index contributed by atoms with van der Waals surface area (Å²) in [6, 6.07) is 23.9. The highest BCUT2D eigenvalue weighted by molar-refractivity contribution is 5.95. The average molecular weight is 668 g/mol. The third kappa shape index (κ3) is 8.40. The first kappa shape index (κ1) is 34.6. The smallest absolute Gasteiger partial charge is 0.337 e. The molecule has 0 fully saturated rings. The van der Waals surface area contributed by atoms with Crippen LogP contribution in [0.5, 0.6) is 17.2 Å². The molecule has 0 unspecified atom stereocenters. The average Bonchev–Trinajstić information content (AvgIpc) is 3.38.